The molecule has 7 nitrogen and oxygen atoms in total. The van der Waals surface area contributed by atoms with Gasteiger partial charge >= 0.3 is 6.18 Å². The minimum Gasteiger partial charge on any atom is -0.364 e. The molecule has 0 bridgehead atoms. The molecule has 2 aliphatic rings. The van der Waals surface area contributed by atoms with Crippen LogP contribution in [0.2, 0.25) is 5.02 Å². The van der Waals surface area contributed by atoms with Crippen LogP contribution in [0.4, 0.5) is 24.8 Å². The molecule has 5 rings (SSSR count). The summed E-state index contributed by atoms with van der Waals surface area (Å²) in [5.41, 5.74) is 0.427. The van der Waals surface area contributed by atoms with E-state index in [1.807, 2.05) is 29.2 Å². The summed E-state index contributed by atoms with van der Waals surface area (Å²) in [4.78, 5) is 10.9. The van der Waals surface area contributed by atoms with Gasteiger partial charge in [-0.15, -0.1) is 0 Å². The van der Waals surface area contributed by atoms with E-state index in [0.717, 1.165) is 40.3 Å². The highest BCUT2D eigenvalue weighted by atomic mass is 35.5. The second-order valence-electron chi connectivity index (χ2n) is 8.34. The van der Waals surface area contributed by atoms with Crippen molar-refractivity contribution in [1.82, 2.24) is 14.3 Å². The maximum absolute atomic E-state index is 13.1. The van der Waals surface area contributed by atoms with Crippen molar-refractivity contribution in [2.75, 3.05) is 36.4 Å². The number of hydrogen-bond donors (Lipinski definition) is 1. The third kappa shape index (κ3) is 4.51. The zero-order chi connectivity index (χ0) is 24.1. The Bertz CT molecular complexity index is 1340. The summed E-state index contributed by atoms with van der Waals surface area (Å²) in [5.74, 6) is 1.29. The Morgan fingerprint density at radius 1 is 0.971 bits per heavy atom. The topological polar surface area (TPSA) is 78.4 Å². The fraction of sp³-hybridized carbons (Fsp3) is 0.364. The van der Waals surface area contributed by atoms with Crippen LogP contribution in [-0.4, -0.2) is 54.9 Å². The molecular formula is C22H21ClF3N5O2S. The summed E-state index contributed by atoms with van der Waals surface area (Å²) in [7, 11) is -4.21. The highest BCUT2D eigenvalue weighted by Crippen LogP contribution is 2.35. The van der Waals surface area contributed by atoms with Gasteiger partial charge < -0.3 is 10.2 Å². The molecule has 0 amide bonds. The van der Waals surface area contributed by atoms with Crippen LogP contribution in [0.3, 0.4) is 0 Å². The van der Waals surface area contributed by atoms with E-state index in [1.165, 1.54) is 0 Å². The molecule has 3 aromatic rings. The molecule has 1 aliphatic heterocycles. The molecule has 2 heterocycles. The van der Waals surface area contributed by atoms with Gasteiger partial charge in [0.05, 0.1) is 21.6 Å². The first-order valence-electron chi connectivity index (χ1n) is 10.8. The number of anilines is 2. The molecule has 1 N–H and O–H groups in total. The van der Waals surface area contributed by atoms with E-state index in [2.05, 4.69) is 5.32 Å². The summed E-state index contributed by atoms with van der Waals surface area (Å²) in [6, 6.07) is 10.2. The zero-order valence-electron chi connectivity index (χ0n) is 17.9. The lowest BCUT2D eigenvalue weighted by atomic mass is 10.2. The third-order valence-corrected chi connectivity index (χ3v) is 8.27. The van der Waals surface area contributed by atoms with Crippen LogP contribution in [0.15, 0.2) is 47.4 Å². The van der Waals surface area contributed by atoms with Crippen LogP contribution in [0.1, 0.15) is 18.4 Å². The second-order valence-corrected chi connectivity index (χ2v) is 10.7. The third-order valence-electron chi connectivity index (χ3n) is 5.88. The Morgan fingerprint density at radius 3 is 2.24 bits per heavy atom. The number of halogens is 4. The molecule has 0 unspecified atom stereocenters. The fourth-order valence-electron chi connectivity index (χ4n) is 3.89. The van der Waals surface area contributed by atoms with Crippen molar-refractivity contribution in [1.29, 1.82) is 0 Å². The molecule has 2 aromatic carbocycles. The van der Waals surface area contributed by atoms with Crippen molar-refractivity contribution in [3.8, 4) is 0 Å². The molecule has 0 spiro atoms. The number of piperazine rings is 1. The van der Waals surface area contributed by atoms with Crippen LogP contribution in [0.25, 0.3) is 11.0 Å². The number of benzene rings is 2. The summed E-state index contributed by atoms with van der Waals surface area (Å²) >= 11 is 6.00. The summed E-state index contributed by atoms with van der Waals surface area (Å²) in [6.45, 7) is 0.767. The number of sulfonamides is 1. The molecule has 34 heavy (non-hydrogen) atoms. The van der Waals surface area contributed by atoms with E-state index < -0.39 is 26.7 Å². The Morgan fingerprint density at radius 2 is 1.62 bits per heavy atom. The van der Waals surface area contributed by atoms with E-state index in [1.54, 1.807) is 0 Å². The van der Waals surface area contributed by atoms with Crippen LogP contribution in [0.5, 0.6) is 0 Å². The molecule has 12 heteroatoms. The van der Waals surface area contributed by atoms with Gasteiger partial charge in [-0.3, -0.25) is 0 Å². The van der Waals surface area contributed by atoms with Gasteiger partial charge in [0.2, 0.25) is 10.0 Å². The molecule has 0 atom stereocenters. The van der Waals surface area contributed by atoms with E-state index in [0.29, 0.717) is 36.8 Å². The van der Waals surface area contributed by atoms with Crippen molar-refractivity contribution in [3.63, 3.8) is 0 Å². The number of rotatable bonds is 5. The summed E-state index contributed by atoms with van der Waals surface area (Å²) in [5, 5.41) is 3.15. The van der Waals surface area contributed by atoms with Crippen molar-refractivity contribution >= 4 is 44.3 Å². The average molecular weight is 512 g/mol. The Balaban J connectivity index is 1.39. The number of nitrogens with one attached hydrogen (secondary N) is 1. The predicted molar refractivity (Wildman–Crippen MR) is 124 cm³/mol. The maximum atomic E-state index is 13.1. The van der Waals surface area contributed by atoms with E-state index in [4.69, 9.17) is 21.6 Å². The Kier molecular flexibility index (Phi) is 5.81. The van der Waals surface area contributed by atoms with E-state index >= 15 is 0 Å². The van der Waals surface area contributed by atoms with Crippen LogP contribution in [-0.2, 0) is 16.2 Å². The highest BCUT2D eigenvalue weighted by Gasteiger charge is 2.36. The number of alkyl halides is 3. The van der Waals surface area contributed by atoms with Crippen LogP contribution >= 0.6 is 11.6 Å². The van der Waals surface area contributed by atoms with Crippen molar-refractivity contribution < 1.29 is 21.6 Å². The minimum atomic E-state index is -4.67. The largest absolute Gasteiger partial charge is 0.416 e. The number of hydrogen-bond acceptors (Lipinski definition) is 6. The van der Waals surface area contributed by atoms with Gasteiger partial charge in [0, 0.05) is 32.2 Å². The first-order chi connectivity index (χ1) is 16.1. The second kappa shape index (κ2) is 8.54. The lowest BCUT2D eigenvalue weighted by molar-refractivity contribution is -0.137. The van der Waals surface area contributed by atoms with Gasteiger partial charge in [-0.05, 0) is 43.2 Å². The van der Waals surface area contributed by atoms with Crippen LogP contribution in [0, 0.1) is 0 Å². The molecule has 1 aliphatic carbocycles. The fourth-order valence-corrected chi connectivity index (χ4v) is 5.81. The van der Waals surface area contributed by atoms with Gasteiger partial charge in [-0.1, -0.05) is 23.7 Å². The molecule has 1 aromatic heterocycles. The van der Waals surface area contributed by atoms with Crippen molar-refractivity contribution in [2.45, 2.75) is 30.0 Å². The minimum absolute atomic E-state index is 0.0757. The molecule has 1 saturated carbocycles. The van der Waals surface area contributed by atoms with Gasteiger partial charge in [0.15, 0.2) is 11.6 Å². The standard InChI is InChI=1S/C22H21ClF3N5O2S/c23-16-8-5-14(22(24,25)26)13-19(16)34(32,33)31-11-9-30(10-12-31)21-20(27-15-6-7-15)28-17-3-1-2-4-18(17)29-21/h1-5,8,13,15H,6-7,9-12H2,(H,27,28). The monoisotopic (exact) mass is 511 g/mol. The normalized spacial score (nSPS) is 17.8. The molecular weight excluding hydrogens is 491 g/mol. The quantitative estimate of drug-likeness (QED) is 0.547. The first-order valence-corrected chi connectivity index (χ1v) is 12.6. The zero-order valence-corrected chi connectivity index (χ0v) is 19.5. The highest BCUT2D eigenvalue weighted by molar-refractivity contribution is 7.89. The van der Waals surface area contributed by atoms with Gasteiger partial charge in [-0.25, -0.2) is 18.4 Å². The van der Waals surface area contributed by atoms with Crippen molar-refractivity contribution in [3.05, 3.63) is 53.1 Å². The van der Waals surface area contributed by atoms with Gasteiger partial charge in [0.1, 0.15) is 4.90 Å². The SMILES string of the molecule is O=S(=O)(c1cc(C(F)(F)F)ccc1Cl)N1CCN(c2nc3ccccc3nc2NC2CC2)CC1. The number of fused-ring (bicyclic) bond motifs is 1. The predicted octanol–water partition coefficient (Wildman–Crippen LogP) is 4.39. The lowest BCUT2D eigenvalue weighted by Gasteiger charge is -2.35. The van der Waals surface area contributed by atoms with Crippen LogP contribution < -0.4 is 10.2 Å². The smallest absolute Gasteiger partial charge is 0.364 e. The first kappa shape index (κ1) is 23.1. The van der Waals surface area contributed by atoms with E-state index in [-0.39, 0.29) is 18.1 Å². The molecule has 2 fully saturated rings. The molecule has 0 radical (unpaired) electrons. The van der Waals surface area contributed by atoms with E-state index in [9.17, 15) is 21.6 Å². The number of nitrogens with zero attached hydrogens (tertiary/aromatic N) is 4. The van der Waals surface area contributed by atoms with Gasteiger partial charge in [0.25, 0.3) is 0 Å². The van der Waals surface area contributed by atoms with Crippen molar-refractivity contribution in [2.24, 2.45) is 0 Å². The summed E-state index contributed by atoms with van der Waals surface area (Å²) < 4.78 is 66.8. The Labute approximate surface area is 199 Å². The average Bonchev–Trinajstić information content (AvgIpc) is 3.62. The maximum Gasteiger partial charge on any atom is 0.416 e. The number of aromatic nitrogens is 2. The number of para-hydroxylation sites is 2. The lowest BCUT2D eigenvalue weighted by Crippen LogP contribution is -2.49. The summed E-state index contributed by atoms with van der Waals surface area (Å²) in [6.07, 6.45) is -2.57. The Hall–Kier alpha value is -2.63. The van der Waals surface area contributed by atoms with Gasteiger partial charge in [-0.2, -0.15) is 17.5 Å². The molecule has 180 valence electrons. The molecule has 1 saturated heterocycles.